The standard InChI is InChI=1S/C16H16BrClFN/c1-20-10-12(14-4-2-3-5-15(14)17)8-11-6-7-13(19)9-16(11)18/h2-7,9,12,20H,8,10H2,1H3. The Hall–Kier alpha value is -0.900. The van der Waals surface area contributed by atoms with E-state index < -0.39 is 0 Å². The Labute approximate surface area is 132 Å². The minimum absolute atomic E-state index is 0.276. The van der Waals surface area contributed by atoms with Gasteiger partial charge in [0.2, 0.25) is 0 Å². The number of hydrogen-bond acceptors (Lipinski definition) is 1. The van der Waals surface area contributed by atoms with Crippen LogP contribution in [0.3, 0.4) is 0 Å². The van der Waals surface area contributed by atoms with Gasteiger partial charge < -0.3 is 5.32 Å². The molecule has 0 saturated heterocycles. The van der Waals surface area contributed by atoms with Crippen molar-refractivity contribution in [1.82, 2.24) is 5.32 Å². The third-order valence-electron chi connectivity index (χ3n) is 3.28. The van der Waals surface area contributed by atoms with Gasteiger partial charge in [0.05, 0.1) is 0 Å². The summed E-state index contributed by atoms with van der Waals surface area (Å²) >= 11 is 9.72. The molecule has 4 heteroatoms. The second-order valence-corrected chi connectivity index (χ2v) is 5.98. The molecular weight excluding hydrogens is 341 g/mol. The van der Waals surface area contributed by atoms with Crippen LogP contribution in [0.1, 0.15) is 17.0 Å². The van der Waals surface area contributed by atoms with Crippen LogP contribution >= 0.6 is 27.5 Å². The molecule has 0 amide bonds. The summed E-state index contributed by atoms with van der Waals surface area (Å²) < 4.78 is 14.2. The van der Waals surface area contributed by atoms with Crippen LogP contribution in [-0.4, -0.2) is 13.6 Å². The maximum absolute atomic E-state index is 13.1. The zero-order valence-electron chi connectivity index (χ0n) is 11.2. The summed E-state index contributed by atoms with van der Waals surface area (Å²) in [5.74, 6) is -0.0247. The van der Waals surface area contributed by atoms with Crippen LogP contribution in [0.2, 0.25) is 5.02 Å². The summed E-state index contributed by atoms with van der Waals surface area (Å²) in [7, 11) is 1.93. The number of nitrogens with one attached hydrogen (secondary N) is 1. The number of hydrogen-bond donors (Lipinski definition) is 1. The zero-order valence-corrected chi connectivity index (χ0v) is 13.5. The van der Waals surface area contributed by atoms with Crippen molar-refractivity contribution in [2.24, 2.45) is 0 Å². The van der Waals surface area contributed by atoms with Crippen molar-refractivity contribution in [2.45, 2.75) is 12.3 Å². The Bertz CT molecular complexity index is 588. The van der Waals surface area contributed by atoms with Gasteiger partial charge in [0.1, 0.15) is 5.82 Å². The molecule has 0 aliphatic rings. The summed E-state index contributed by atoms with van der Waals surface area (Å²) in [5, 5.41) is 3.69. The minimum Gasteiger partial charge on any atom is -0.319 e. The summed E-state index contributed by atoms with van der Waals surface area (Å²) in [6.45, 7) is 0.830. The highest BCUT2D eigenvalue weighted by Gasteiger charge is 2.16. The van der Waals surface area contributed by atoms with E-state index in [2.05, 4.69) is 27.3 Å². The number of halogens is 3. The largest absolute Gasteiger partial charge is 0.319 e. The average molecular weight is 357 g/mol. The van der Waals surface area contributed by atoms with Crippen molar-refractivity contribution < 1.29 is 4.39 Å². The Morgan fingerprint density at radius 2 is 2.00 bits per heavy atom. The van der Waals surface area contributed by atoms with E-state index in [-0.39, 0.29) is 11.7 Å². The summed E-state index contributed by atoms with van der Waals surface area (Å²) in [6, 6.07) is 12.7. The third-order valence-corrected chi connectivity index (χ3v) is 4.35. The minimum atomic E-state index is -0.301. The van der Waals surface area contributed by atoms with Crippen molar-refractivity contribution in [3.8, 4) is 0 Å². The topological polar surface area (TPSA) is 12.0 Å². The van der Waals surface area contributed by atoms with Gasteiger partial charge in [-0.25, -0.2) is 4.39 Å². The molecule has 0 saturated carbocycles. The molecule has 0 bridgehead atoms. The lowest BCUT2D eigenvalue weighted by Crippen LogP contribution is -2.19. The first kappa shape index (κ1) is 15.5. The molecule has 1 unspecified atom stereocenters. The number of rotatable bonds is 5. The van der Waals surface area contributed by atoms with Crippen molar-refractivity contribution in [3.05, 3.63) is 68.9 Å². The maximum atomic E-state index is 13.1. The highest BCUT2D eigenvalue weighted by Crippen LogP contribution is 2.29. The maximum Gasteiger partial charge on any atom is 0.124 e. The van der Waals surface area contributed by atoms with Gasteiger partial charge in [0.15, 0.2) is 0 Å². The molecule has 0 heterocycles. The predicted molar refractivity (Wildman–Crippen MR) is 85.9 cm³/mol. The smallest absolute Gasteiger partial charge is 0.124 e. The second kappa shape index (κ2) is 7.21. The third kappa shape index (κ3) is 3.81. The molecule has 106 valence electrons. The molecule has 0 aliphatic heterocycles. The van der Waals surface area contributed by atoms with Gasteiger partial charge in [-0.05, 0) is 42.8 Å². The molecular formula is C16H16BrClFN. The molecule has 0 aromatic heterocycles. The second-order valence-electron chi connectivity index (χ2n) is 4.72. The molecule has 0 spiro atoms. The van der Waals surface area contributed by atoms with Crippen LogP contribution in [-0.2, 0) is 6.42 Å². The number of likely N-dealkylation sites (N-methyl/N-ethyl adjacent to an activating group) is 1. The molecule has 2 rings (SSSR count). The van der Waals surface area contributed by atoms with E-state index in [0.29, 0.717) is 5.02 Å². The lowest BCUT2D eigenvalue weighted by atomic mass is 9.92. The van der Waals surface area contributed by atoms with Crippen molar-refractivity contribution in [1.29, 1.82) is 0 Å². The fraction of sp³-hybridized carbons (Fsp3) is 0.250. The SMILES string of the molecule is CNCC(Cc1ccc(F)cc1Cl)c1ccccc1Br. The van der Waals surface area contributed by atoms with E-state index in [1.54, 1.807) is 6.07 Å². The molecule has 1 N–H and O–H groups in total. The first-order chi connectivity index (χ1) is 9.61. The summed E-state index contributed by atoms with van der Waals surface area (Å²) in [4.78, 5) is 0. The van der Waals surface area contributed by atoms with Crippen molar-refractivity contribution >= 4 is 27.5 Å². The average Bonchev–Trinajstić information content (AvgIpc) is 2.42. The Morgan fingerprint density at radius 1 is 1.25 bits per heavy atom. The van der Waals surface area contributed by atoms with E-state index in [0.717, 1.165) is 23.0 Å². The van der Waals surface area contributed by atoms with Crippen LogP contribution in [0.25, 0.3) is 0 Å². The molecule has 2 aromatic carbocycles. The van der Waals surface area contributed by atoms with E-state index >= 15 is 0 Å². The van der Waals surface area contributed by atoms with Gasteiger partial charge in [-0.1, -0.05) is 51.8 Å². The van der Waals surface area contributed by atoms with Crippen LogP contribution in [0, 0.1) is 5.82 Å². The highest BCUT2D eigenvalue weighted by molar-refractivity contribution is 9.10. The summed E-state index contributed by atoms with van der Waals surface area (Å²) in [6.07, 6.45) is 0.766. The fourth-order valence-electron chi connectivity index (χ4n) is 2.30. The van der Waals surface area contributed by atoms with Gasteiger partial charge in [0, 0.05) is 22.0 Å². The lowest BCUT2D eigenvalue weighted by Gasteiger charge is -2.19. The van der Waals surface area contributed by atoms with E-state index in [1.165, 1.54) is 17.7 Å². The van der Waals surface area contributed by atoms with E-state index in [9.17, 15) is 4.39 Å². The molecule has 0 fully saturated rings. The predicted octanol–water partition coefficient (Wildman–Crippen LogP) is 4.79. The molecule has 20 heavy (non-hydrogen) atoms. The molecule has 0 radical (unpaired) electrons. The fourth-order valence-corrected chi connectivity index (χ4v) is 3.15. The molecule has 2 aromatic rings. The number of benzene rings is 2. The van der Waals surface area contributed by atoms with Gasteiger partial charge >= 0.3 is 0 Å². The van der Waals surface area contributed by atoms with Gasteiger partial charge in [-0.15, -0.1) is 0 Å². The van der Waals surface area contributed by atoms with Crippen molar-refractivity contribution in [2.75, 3.05) is 13.6 Å². The quantitative estimate of drug-likeness (QED) is 0.812. The molecule has 1 nitrogen and oxygen atoms in total. The first-order valence-electron chi connectivity index (χ1n) is 6.44. The van der Waals surface area contributed by atoms with Gasteiger partial charge in [-0.3, -0.25) is 0 Å². The monoisotopic (exact) mass is 355 g/mol. The normalized spacial score (nSPS) is 12.4. The van der Waals surface area contributed by atoms with Crippen LogP contribution in [0.15, 0.2) is 46.9 Å². The van der Waals surface area contributed by atoms with Crippen LogP contribution in [0.4, 0.5) is 4.39 Å². The van der Waals surface area contributed by atoms with Crippen LogP contribution < -0.4 is 5.32 Å². The molecule has 0 aliphatic carbocycles. The first-order valence-corrected chi connectivity index (χ1v) is 7.62. The van der Waals surface area contributed by atoms with Gasteiger partial charge in [0.25, 0.3) is 0 Å². The Balaban J connectivity index is 2.28. The summed E-state index contributed by atoms with van der Waals surface area (Å²) in [5.41, 5.74) is 2.19. The van der Waals surface area contributed by atoms with E-state index in [1.807, 2.05) is 25.2 Å². The van der Waals surface area contributed by atoms with E-state index in [4.69, 9.17) is 11.6 Å². The molecule has 1 atom stereocenters. The zero-order chi connectivity index (χ0) is 14.5. The van der Waals surface area contributed by atoms with Crippen LogP contribution in [0.5, 0.6) is 0 Å². The lowest BCUT2D eigenvalue weighted by molar-refractivity contribution is 0.614. The van der Waals surface area contributed by atoms with Crippen molar-refractivity contribution in [3.63, 3.8) is 0 Å². The Morgan fingerprint density at radius 3 is 2.65 bits per heavy atom. The Kier molecular flexibility index (Phi) is 5.58. The highest BCUT2D eigenvalue weighted by atomic mass is 79.9. The van der Waals surface area contributed by atoms with Gasteiger partial charge in [-0.2, -0.15) is 0 Å².